The average molecular weight is 807 g/mol. The molecule has 4 amide bonds. The Morgan fingerprint density at radius 1 is 0.786 bits per heavy atom. The van der Waals surface area contributed by atoms with Gasteiger partial charge in [-0.1, -0.05) is 52.0 Å². The van der Waals surface area contributed by atoms with Gasteiger partial charge in [0.1, 0.15) is 9.79 Å². The molecule has 0 bridgehead atoms. The SMILES string of the molecule is COc1ncc(S(=O)(=O)NC(=O)Nc2c3c(cc4c2CCC4COc2ncc(S(=O)(=O)NC(=O)Nc4c(C(C)C)cccc4C(C)C)c(C)n2)CCC3)c(C)n1. The van der Waals surface area contributed by atoms with Gasteiger partial charge in [0.05, 0.1) is 37.5 Å². The molecule has 4 aromatic rings. The number of aryl methyl sites for hydroxylation is 3. The number of aromatic nitrogens is 4. The van der Waals surface area contributed by atoms with E-state index in [9.17, 15) is 26.4 Å². The van der Waals surface area contributed by atoms with Crippen LogP contribution in [-0.2, 0) is 39.3 Å². The first kappa shape index (κ1) is 40.3. The summed E-state index contributed by atoms with van der Waals surface area (Å²) in [5, 5.41) is 5.58. The van der Waals surface area contributed by atoms with Gasteiger partial charge in [-0.2, -0.15) is 9.97 Å². The summed E-state index contributed by atoms with van der Waals surface area (Å²) in [4.78, 5) is 42.0. The number of anilines is 2. The van der Waals surface area contributed by atoms with Crippen molar-refractivity contribution in [2.75, 3.05) is 24.4 Å². The molecule has 2 aromatic carbocycles. The van der Waals surface area contributed by atoms with Crippen molar-refractivity contribution in [2.24, 2.45) is 0 Å². The van der Waals surface area contributed by atoms with Gasteiger partial charge in [-0.25, -0.2) is 45.8 Å². The summed E-state index contributed by atoms with van der Waals surface area (Å²) in [5.74, 6) is 0.0701. The van der Waals surface area contributed by atoms with E-state index in [1.165, 1.54) is 21.0 Å². The molecule has 0 saturated carbocycles. The Kier molecular flexibility index (Phi) is 11.5. The van der Waals surface area contributed by atoms with Crippen LogP contribution in [0.2, 0.25) is 0 Å². The van der Waals surface area contributed by atoms with Gasteiger partial charge in [0.15, 0.2) is 0 Å². The topological polar surface area (TPSA) is 221 Å². The van der Waals surface area contributed by atoms with Crippen LogP contribution in [0, 0.1) is 13.8 Å². The molecule has 0 spiro atoms. The Morgan fingerprint density at radius 3 is 1.89 bits per heavy atom. The van der Waals surface area contributed by atoms with Gasteiger partial charge in [0, 0.05) is 17.3 Å². The highest BCUT2D eigenvalue weighted by Crippen LogP contribution is 2.43. The van der Waals surface area contributed by atoms with Gasteiger partial charge in [-0.05, 0) is 91.2 Å². The molecule has 6 rings (SSSR count). The van der Waals surface area contributed by atoms with E-state index in [2.05, 4.69) is 46.1 Å². The standard InChI is InChI=1S/C38H46N8O8S2/c1-20(2)26-11-9-12-27(21(3)4)33(26)43-35(47)45-56(51,52)32-18-40-38(42-23(32)6)54-19-25-14-15-29-30(25)16-24-10-8-13-28(24)34(29)44-36(48)46-55(49,50)31-17-39-37(53-7)41-22(31)5/h9,11-12,16-18,20-21,25H,8,10,13-15,19H2,1-7H3,(H2,43,45,47)(H2,44,46,48). The number of hydrogen-bond acceptors (Lipinski definition) is 12. The number of carbonyl (C=O) groups is 2. The van der Waals surface area contributed by atoms with Crippen molar-refractivity contribution in [1.29, 1.82) is 0 Å². The van der Waals surface area contributed by atoms with E-state index in [1.807, 2.05) is 45.9 Å². The Balaban J connectivity index is 1.14. The highest BCUT2D eigenvalue weighted by molar-refractivity contribution is 7.90. The molecule has 0 saturated heterocycles. The second-order valence-corrected chi connectivity index (χ2v) is 17.8. The first-order valence-electron chi connectivity index (χ1n) is 18.3. The van der Waals surface area contributed by atoms with Crippen molar-refractivity contribution >= 4 is 43.5 Å². The molecular formula is C38H46N8O8S2. The fraction of sp³-hybridized carbons (Fsp3) is 0.421. The van der Waals surface area contributed by atoms with E-state index in [1.54, 1.807) is 0 Å². The molecule has 2 aliphatic rings. The maximum atomic E-state index is 13.3. The summed E-state index contributed by atoms with van der Waals surface area (Å²) in [7, 11) is -7.28. The zero-order valence-corrected chi connectivity index (χ0v) is 33.9. The minimum absolute atomic E-state index is 0.00434. The lowest BCUT2D eigenvalue weighted by Crippen LogP contribution is -2.35. The number of rotatable bonds is 12. The second kappa shape index (κ2) is 16.0. The molecule has 2 heterocycles. The Bertz CT molecular complexity index is 2390. The normalized spacial score (nSPS) is 15.0. The fourth-order valence-corrected chi connectivity index (χ4v) is 9.37. The van der Waals surface area contributed by atoms with Gasteiger partial charge in [0.25, 0.3) is 20.0 Å². The molecule has 16 nitrogen and oxygen atoms in total. The first-order valence-corrected chi connectivity index (χ1v) is 21.3. The number of benzene rings is 2. The number of hydrogen-bond donors (Lipinski definition) is 4. The van der Waals surface area contributed by atoms with Crippen molar-refractivity contribution in [2.45, 2.75) is 101 Å². The Morgan fingerprint density at radius 2 is 1.34 bits per heavy atom. The predicted molar refractivity (Wildman–Crippen MR) is 208 cm³/mol. The minimum Gasteiger partial charge on any atom is -0.467 e. The highest BCUT2D eigenvalue weighted by atomic mass is 32.2. The van der Waals surface area contributed by atoms with E-state index in [0.29, 0.717) is 24.2 Å². The number of carbonyl (C=O) groups excluding carboxylic acids is 2. The number of sulfonamides is 2. The summed E-state index contributed by atoms with van der Waals surface area (Å²) >= 11 is 0. The lowest BCUT2D eigenvalue weighted by molar-refractivity contribution is 0.255. The molecule has 56 heavy (non-hydrogen) atoms. The van der Waals surface area contributed by atoms with E-state index >= 15 is 0 Å². The summed E-state index contributed by atoms with van der Waals surface area (Å²) in [6.45, 7) is 11.1. The summed E-state index contributed by atoms with van der Waals surface area (Å²) in [5.41, 5.74) is 7.08. The van der Waals surface area contributed by atoms with Crippen LogP contribution in [0.15, 0.2) is 46.5 Å². The maximum Gasteiger partial charge on any atom is 0.333 e. The molecular weight excluding hydrogens is 761 g/mol. The average Bonchev–Trinajstić information content (AvgIpc) is 3.77. The third-order valence-electron chi connectivity index (χ3n) is 10.0. The second-order valence-electron chi connectivity index (χ2n) is 14.5. The summed E-state index contributed by atoms with van der Waals surface area (Å²) in [6, 6.07) is 6.01. The summed E-state index contributed by atoms with van der Waals surface area (Å²) < 4.78 is 68.0. The van der Waals surface area contributed by atoms with Crippen LogP contribution in [0.3, 0.4) is 0 Å². The maximum absolute atomic E-state index is 13.3. The van der Waals surface area contributed by atoms with E-state index in [4.69, 9.17) is 9.47 Å². The number of methoxy groups -OCH3 is 1. The number of nitrogens with zero attached hydrogens (tertiary/aromatic N) is 4. The molecule has 0 fully saturated rings. The van der Waals surface area contributed by atoms with Crippen molar-refractivity contribution in [3.8, 4) is 12.0 Å². The summed E-state index contributed by atoms with van der Waals surface area (Å²) in [6.07, 6.45) is 5.91. The third-order valence-corrected chi connectivity index (χ3v) is 12.9. The number of nitrogens with one attached hydrogen (secondary N) is 4. The van der Waals surface area contributed by atoms with Crippen molar-refractivity contribution in [1.82, 2.24) is 29.4 Å². The van der Waals surface area contributed by atoms with Crippen LogP contribution < -0.4 is 29.6 Å². The molecule has 1 unspecified atom stereocenters. The van der Waals surface area contributed by atoms with Crippen LogP contribution in [0.1, 0.15) is 103 Å². The Labute approximate surface area is 326 Å². The number of urea groups is 2. The van der Waals surface area contributed by atoms with E-state index in [-0.39, 0.29) is 57.6 Å². The molecule has 1 atom stereocenters. The quantitative estimate of drug-likeness (QED) is 0.134. The molecule has 18 heteroatoms. The van der Waals surface area contributed by atoms with Gasteiger partial charge >= 0.3 is 24.1 Å². The molecule has 4 N–H and O–H groups in total. The first-order chi connectivity index (χ1) is 26.5. The predicted octanol–water partition coefficient (Wildman–Crippen LogP) is 5.76. The van der Waals surface area contributed by atoms with Crippen LogP contribution in [0.25, 0.3) is 0 Å². The molecule has 2 aliphatic carbocycles. The zero-order valence-electron chi connectivity index (χ0n) is 32.3. The zero-order chi connectivity index (χ0) is 40.5. The van der Waals surface area contributed by atoms with Crippen molar-refractivity contribution < 1.29 is 35.9 Å². The van der Waals surface area contributed by atoms with Crippen LogP contribution in [-0.4, -0.2) is 62.6 Å². The minimum atomic E-state index is -4.35. The van der Waals surface area contributed by atoms with Crippen LogP contribution in [0.4, 0.5) is 21.0 Å². The molecule has 2 aromatic heterocycles. The smallest absolute Gasteiger partial charge is 0.333 e. The van der Waals surface area contributed by atoms with E-state index in [0.717, 1.165) is 65.0 Å². The van der Waals surface area contributed by atoms with Crippen molar-refractivity contribution in [3.63, 3.8) is 0 Å². The number of para-hydroxylation sites is 1. The number of ether oxygens (including phenoxy) is 2. The molecule has 298 valence electrons. The third kappa shape index (κ3) is 8.40. The van der Waals surface area contributed by atoms with Crippen LogP contribution in [0.5, 0.6) is 12.0 Å². The molecule has 0 aliphatic heterocycles. The lowest BCUT2D eigenvalue weighted by atomic mass is 9.93. The van der Waals surface area contributed by atoms with Gasteiger partial charge in [0.2, 0.25) is 0 Å². The Hall–Kier alpha value is -5.36. The van der Waals surface area contributed by atoms with Gasteiger partial charge in [-0.3, -0.25) is 0 Å². The van der Waals surface area contributed by atoms with Crippen LogP contribution >= 0.6 is 0 Å². The monoisotopic (exact) mass is 806 g/mol. The largest absolute Gasteiger partial charge is 0.467 e. The molecule has 0 radical (unpaired) electrons. The number of fused-ring (bicyclic) bond motifs is 2. The van der Waals surface area contributed by atoms with Gasteiger partial charge in [-0.15, -0.1) is 0 Å². The highest BCUT2D eigenvalue weighted by Gasteiger charge is 2.32. The van der Waals surface area contributed by atoms with Crippen molar-refractivity contribution in [3.05, 3.63) is 81.4 Å². The lowest BCUT2D eigenvalue weighted by Gasteiger charge is -2.20. The number of amides is 4. The van der Waals surface area contributed by atoms with Gasteiger partial charge < -0.3 is 20.1 Å². The van der Waals surface area contributed by atoms with E-state index < -0.39 is 32.1 Å². The fourth-order valence-electron chi connectivity index (χ4n) is 7.31.